The van der Waals surface area contributed by atoms with E-state index in [1.54, 1.807) is 0 Å². The summed E-state index contributed by atoms with van der Waals surface area (Å²) < 4.78 is 2.32. The van der Waals surface area contributed by atoms with Gasteiger partial charge in [0.05, 0.1) is 0 Å². The summed E-state index contributed by atoms with van der Waals surface area (Å²) in [7, 11) is 2.18. The van der Waals surface area contributed by atoms with E-state index in [4.69, 9.17) is 0 Å². The van der Waals surface area contributed by atoms with Gasteiger partial charge in [0.15, 0.2) is 0 Å². The molecule has 10 aromatic rings. The third-order valence-corrected chi connectivity index (χ3v) is 12.2. The zero-order chi connectivity index (χ0) is 35.4. The lowest BCUT2D eigenvalue weighted by atomic mass is 9.81. The lowest BCUT2D eigenvalue weighted by Gasteiger charge is -2.22. The number of aromatic nitrogens is 1. The Hall–Kier alpha value is -6.44. The topological polar surface area (TPSA) is 4.93 Å². The van der Waals surface area contributed by atoms with Crippen LogP contribution in [0.3, 0.4) is 0 Å². The van der Waals surface area contributed by atoms with Gasteiger partial charge in [0.25, 0.3) is 0 Å². The molecule has 1 heterocycles. The van der Waals surface area contributed by atoms with Crippen molar-refractivity contribution in [2.75, 3.05) is 0 Å². The first-order valence-electron chi connectivity index (χ1n) is 18.7. The fraction of sp³-hybridized carbons (Fsp3) is 0.0769. The molecule has 0 radical (unpaired) electrons. The molecule has 1 aliphatic carbocycles. The predicted octanol–water partition coefficient (Wildman–Crippen LogP) is 14.1. The number of benzene rings is 9. The fourth-order valence-corrected chi connectivity index (χ4v) is 9.64. The van der Waals surface area contributed by atoms with Crippen LogP contribution in [0.5, 0.6) is 0 Å². The van der Waals surface area contributed by atoms with Gasteiger partial charge in [-0.3, -0.25) is 0 Å². The minimum atomic E-state index is -0.0414. The van der Waals surface area contributed by atoms with Crippen LogP contribution in [0.15, 0.2) is 170 Å². The van der Waals surface area contributed by atoms with E-state index in [9.17, 15) is 0 Å². The zero-order valence-electron chi connectivity index (χ0n) is 30.1. The number of hydrogen-bond donors (Lipinski definition) is 0. The third kappa shape index (κ3) is 4.25. The Bertz CT molecular complexity index is 3150. The van der Waals surface area contributed by atoms with Gasteiger partial charge >= 0.3 is 0 Å². The van der Waals surface area contributed by atoms with Crippen LogP contribution >= 0.6 is 0 Å². The first-order valence-corrected chi connectivity index (χ1v) is 18.7. The van der Waals surface area contributed by atoms with E-state index < -0.39 is 0 Å². The van der Waals surface area contributed by atoms with Crippen LogP contribution in [0.2, 0.25) is 0 Å². The molecule has 53 heavy (non-hydrogen) atoms. The van der Waals surface area contributed by atoms with E-state index in [1.807, 2.05) is 0 Å². The molecular formula is C52H37N. The van der Waals surface area contributed by atoms with Gasteiger partial charge in [-0.2, -0.15) is 0 Å². The minimum absolute atomic E-state index is 0.0414. The summed E-state index contributed by atoms with van der Waals surface area (Å²) >= 11 is 0. The molecule has 1 heteroatoms. The fourth-order valence-electron chi connectivity index (χ4n) is 9.64. The summed E-state index contributed by atoms with van der Waals surface area (Å²) in [5.41, 5.74) is 15.5. The van der Waals surface area contributed by atoms with E-state index in [-0.39, 0.29) is 5.41 Å². The second-order valence-electron chi connectivity index (χ2n) is 15.3. The van der Waals surface area contributed by atoms with E-state index in [2.05, 4.69) is 195 Å². The average Bonchev–Trinajstić information content (AvgIpc) is 3.62. The van der Waals surface area contributed by atoms with Gasteiger partial charge < -0.3 is 4.57 Å². The Labute approximate surface area is 309 Å². The highest BCUT2D eigenvalue weighted by Crippen LogP contribution is 2.52. The SMILES string of the molecule is Cn1c2ccccc2c2cc(-c3c4ccccc4c(-c4ccc5c(c4)-c4ccccc4C5(C)C)c4cc(-c5cccc6ccccc56)ccc34)ccc21. The monoisotopic (exact) mass is 675 g/mol. The molecule has 250 valence electrons. The molecule has 1 nitrogen and oxygen atoms in total. The number of para-hydroxylation sites is 1. The van der Waals surface area contributed by atoms with Crippen LogP contribution in [0.1, 0.15) is 25.0 Å². The summed E-state index contributed by atoms with van der Waals surface area (Å²) in [5, 5.41) is 10.2. The van der Waals surface area contributed by atoms with Crippen LogP contribution in [0, 0.1) is 0 Å². The molecular weight excluding hydrogens is 639 g/mol. The Balaban J connectivity index is 1.25. The number of hydrogen-bond acceptors (Lipinski definition) is 0. The molecule has 0 aliphatic heterocycles. The molecule has 11 rings (SSSR count). The molecule has 0 saturated carbocycles. The maximum atomic E-state index is 2.47. The van der Waals surface area contributed by atoms with Crippen molar-refractivity contribution in [3.8, 4) is 44.5 Å². The Morgan fingerprint density at radius 2 is 0.906 bits per heavy atom. The molecule has 0 fully saturated rings. The van der Waals surface area contributed by atoms with Gasteiger partial charge in [0.2, 0.25) is 0 Å². The molecule has 1 aliphatic rings. The summed E-state index contributed by atoms with van der Waals surface area (Å²) in [6.07, 6.45) is 0. The van der Waals surface area contributed by atoms with Crippen LogP contribution in [0.4, 0.5) is 0 Å². The number of nitrogens with zero attached hydrogens (tertiary/aromatic N) is 1. The summed E-state index contributed by atoms with van der Waals surface area (Å²) in [6, 6.07) is 63.7. The second kappa shape index (κ2) is 11.0. The molecule has 0 bridgehead atoms. The second-order valence-corrected chi connectivity index (χ2v) is 15.3. The van der Waals surface area contributed by atoms with Crippen molar-refractivity contribution in [3.63, 3.8) is 0 Å². The van der Waals surface area contributed by atoms with Gasteiger partial charge in [-0.25, -0.2) is 0 Å². The maximum Gasteiger partial charge on any atom is 0.0489 e. The van der Waals surface area contributed by atoms with Crippen molar-refractivity contribution in [1.29, 1.82) is 0 Å². The quantitative estimate of drug-likeness (QED) is 0.164. The molecule has 0 spiro atoms. The summed E-state index contributed by atoms with van der Waals surface area (Å²) in [4.78, 5) is 0. The van der Waals surface area contributed by atoms with E-state index >= 15 is 0 Å². The highest BCUT2D eigenvalue weighted by molar-refractivity contribution is 6.23. The zero-order valence-corrected chi connectivity index (χ0v) is 30.1. The van der Waals surface area contributed by atoms with Gasteiger partial charge in [0, 0.05) is 34.3 Å². The van der Waals surface area contributed by atoms with Crippen molar-refractivity contribution in [3.05, 3.63) is 181 Å². The van der Waals surface area contributed by atoms with Crippen LogP contribution < -0.4 is 0 Å². The van der Waals surface area contributed by atoms with Crippen molar-refractivity contribution < 1.29 is 0 Å². The van der Waals surface area contributed by atoms with Gasteiger partial charge in [-0.1, -0.05) is 153 Å². The Kier molecular flexibility index (Phi) is 6.29. The van der Waals surface area contributed by atoms with E-state index in [1.165, 1.54) is 110 Å². The molecule has 0 unspecified atom stereocenters. The molecule has 1 aromatic heterocycles. The summed E-state index contributed by atoms with van der Waals surface area (Å²) in [5.74, 6) is 0. The molecule has 0 N–H and O–H groups in total. The van der Waals surface area contributed by atoms with Crippen molar-refractivity contribution in [2.24, 2.45) is 7.05 Å². The summed E-state index contributed by atoms with van der Waals surface area (Å²) in [6.45, 7) is 4.72. The Morgan fingerprint density at radius 1 is 0.358 bits per heavy atom. The van der Waals surface area contributed by atoms with Crippen LogP contribution in [0.25, 0.3) is 98.6 Å². The maximum absolute atomic E-state index is 2.47. The predicted molar refractivity (Wildman–Crippen MR) is 227 cm³/mol. The number of rotatable bonds is 3. The first-order chi connectivity index (χ1) is 26.0. The highest BCUT2D eigenvalue weighted by Gasteiger charge is 2.35. The smallest absolute Gasteiger partial charge is 0.0489 e. The van der Waals surface area contributed by atoms with Gasteiger partial charge in [-0.15, -0.1) is 0 Å². The minimum Gasteiger partial charge on any atom is -0.344 e. The third-order valence-electron chi connectivity index (χ3n) is 12.2. The van der Waals surface area contributed by atoms with E-state index in [0.717, 1.165) is 0 Å². The lowest BCUT2D eigenvalue weighted by Crippen LogP contribution is -2.14. The van der Waals surface area contributed by atoms with Gasteiger partial charge in [-0.05, 0) is 118 Å². The normalized spacial score (nSPS) is 13.3. The molecule has 0 atom stereocenters. The molecule has 0 amide bonds. The standard InChI is InChI=1S/C52H37N/c1-52(2)46-21-10-8-16-38(46)43-30-34(24-27-47(43)52)51-41-19-7-6-18-40(41)50(35-25-28-49-44(31-35)39-17-9-11-22-48(39)53(49)3)42-26-23-33(29-45(42)51)37-20-12-14-32-13-4-5-15-36(32)37/h4-31H,1-3H3. The average molecular weight is 676 g/mol. The van der Waals surface area contributed by atoms with Crippen LogP contribution in [-0.4, -0.2) is 4.57 Å². The van der Waals surface area contributed by atoms with Gasteiger partial charge in [0.1, 0.15) is 0 Å². The van der Waals surface area contributed by atoms with E-state index in [0.29, 0.717) is 0 Å². The number of aryl methyl sites for hydroxylation is 1. The first kappa shape index (κ1) is 30.2. The van der Waals surface area contributed by atoms with Crippen molar-refractivity contribution in [2.45, 2.75) is 19.3 Å². The highest BCUT2D eigenvalue weighted by atomic mass is 14.9. The number of fused-ring (bicyclic) bond motifs is 9. The largest absolute Gasteiger partial charge is 0.344 e. The molecule has 0 saturated heterocycles. The Morgan fingerprint density at radius 3 is 1.75 bits per heavy atom. The van der Waals surface area contributed by atoms with Crippen molar-refractivity contribution >= 4 is 54.1 Å². The van der Waals surface area contributed by atoms with Crippen LogP contribution in [-0.2, 0) is 12.5 Å². The lowest BCUT2D eigenvalue weighted by molar-refractivity contribution is 0.660. The van der Waals surface area contributed by atoms with Crippen molar-refractivity contribution in [1.82, 2.24) is 4.57 Å². The molecule has 9 aromatic carbocycles.